The predicted molar refractivity (Wildman–Crippen MR) is 58.4 cm³/mol. The van der Waals surface area contributed by atoms with Crippen LogP contribution >= 0.6 is 23.2 Å². The molecule has 3 heteroatoms. The van der Waals surface area contributed by atoms with Gasteiger partial charge in [0.15, 0.2) is 0 Å². The quantitative estimate of drug-likeness (QED) is 0.809. The molecule has 13 heavy (non-hydrogen) atoms. The van der Waals surface area contributed by atoms with Gasteiger partial charge >= 0.3 is 0 Å². The highest BCUT2D eigenvalue weighted by Gasteiger charge is 2.13. The minimum atomic E-state index is -0.256. The van der Waals surface area contributed by atoms with Gasteiger partial charge < -0.3 is 5.73 Å². The second-order valence-corrected chi connectivity index (χ2v) is 4.74. The molecule has 0 bridgehead atoms. The molecular formula is C10H13Cl2N. The third kappa shape index (κ3) is 3.55. The molecule has 0 heterocycles. The van der Waals surface area contributed by atoms with E-state index in [1.807, 2.05) is 19.9 Å². The van der Waals surface area contributed by atoms with Crippen LogP contribution in [0.4, 0.5) is 0 Å². The lowest BCUT2D eigenvalue weighted by Crippen LogP contribution is -2.34. The van der Waals surface area contributed by atoms with Gasteiger partial charge in [-0.2, -0.15) is 0 Å². The summed E-state index contributed by atoms with van der Waals surface area (Å²) >= 11 is 11.8. The van der Waals surface area contributed by atoms with E-state index in [0.29, 0.717) is 5.02 Å². The Morgan fingerprint density at radius 2 is 1.92 bits per heavy atom. The van der Waals surface area contributed by atoms with E-state index in [0.717, 1.165) is 17.0 Å². The third-order valence-corrected chi connectivity index (χ3v) is 2.26. The van der Waals surface area contributed by atoms with Crippen molar-refractivity contribution < 1.29 is 0 Å². The van der Waals surface area contributed by atoms with Crippen molar-refractivity contribution in [1.82, 2.24) is 0 Å². The Labute approximate surface area is 88.8 Å². The van der Waals surface area contributed by atoms with Crippen LogP contribution in [0.2, 0.25) is 10.0 Å². The first-order valence-corrected chi connectivity index (χ1v) is 4.87. The Morgan fingerprint density at radius 1 is 1.31 bits per heavy atom. The normalized spacial score (nSPS) is 11.8. The minimum Gasteiger partial charge on any atom is -0.325 e. The number of benzene rings is 1. The molecule has 0 fully saturated rings. The smallest absolute Gasteiger partial charge is 0.0439 e. The van der Waals surface area contributed by atoms with E-state index in [2.05, 4.69) is 0 Å². The molecule has 0 aromatic heterocycles. The maximum absolute atomic E-state index is 5.99. The van der Waals surface area contributed by atoms with Crippen molar-refractivity contribution in [1.29, 1.82) is 0 Å². The highest BCUT2D eigenvalue weighted by atomic mass is 35.5. The minimum absolute atomic E-state index is 0.256. The van der Waals surface area contributed by atoms with Crippen LogP contribution in [0, 0.1) is 0 Å². The molecule has 0 aliphatic carbocycles. The van der Waals surface area contributed by atoms with Gasteiger partial charge in [-0.25, -0.2) is 0 Å². The fourth-order valence-corrected chi connectivity index (χ4v) is 1.55. The van der Waals surface area contributed by atoms with E-state index < -0.39 is 0 Å². The van der Waals surface area contributed by atoms with Crippen molar-refractivity contribution in [3.05, 3.63) is 33.8 Å². The predicted octanol–water partition coefficient (Wildman–Crippen LogP) is 3.27. The molecule has 1 nitrogen and oxygen atoms in total. The molecule has 0 unspecified atom stereocenters. The van der Waals surface area contributed by atoms with E-state index in [4.69, 9.17) is 28.9 Å². The summed E-state index contributed by atoms with van der Waals surface area (Å²) < 4.78 is 0. The number of hydrogen-bond donors (Lipinski definition) is 1. The summed E-state index contributed by atoms with van der Waals surface area (Å²) in [4.78, 5) is 0. The van der Waals surface area contributed by atoms with Gasteiger partial charge in [-0.15, -0.1) is 0 Å². The second kappa shape index (κ2) is 3.87. The van der Waals surface area contributed by atoms with E-state index >= 15 is 0 Å². The molecular weight excluding hydrogens is 205 g/mol. The van der Waals surface area contributed by atoms with Gasteiger partial charge in [-0.1, -0.05) is 23.2 Å². The highest BCUT2D eigenvalue weighted by Crippen LogP contribution is 2.23. The molecule has 0 saturated carbocycles. The van der Waals surface area contributed by atoms with Crippen LogP contribution in [0.25, 0.3) is 0 Å². The van der Waals surface area contributed by atoms with Crippen LogP contribution < -0.4 is 5.73 Å². The monoisotopic (exact) mass is 217 g/mol. The number of halogens is 2. The first-order chi connectivity index (χ1) is 5.88. The first-order valence-electron chi connectivity index (χ1n) is 4.11. The van der Waals surface area contributed by atoms with Crippen molar-refractivity contribution in [3.63, 3.8) is 0 Å². The van der Waals surface area contributed by atoms with Gasteiger partial charge in [0, 0.05) is 15.6 Å². The van der Waals surface area contributed by atoms with Crippen molar-refractivity contribution in [2.24, 2.45) is 5.73 Å². The van der Waals surface area contributed by atoms with Crippen molar-refractivity contribution in [2.45, 2.75) is 25.8 Å². The lowest BCUT2D eigenvalue weighted by molar-refractivity contribution is 0.517. The first kappa shape index (κ1) is 10.8. The Kier molecular flexibility index (Phi) is 3.23. The maximum atomic E-state index is 5.99. The maximum Gasteiger partial charge on any atom is 0.0439 e. The number of hydrogen-bond acceptors (Lipinski definition) is 1. The summed E-state index contributed by atoms with van der Waals surface area (Å²) in [6, 6.07) is 5.43. The highest BCUT2D eigenvalue weighted by molar-refractivity contribution is 6.33. The molecule has 1 aromatic rings. The van der Waals surface area contributed by atoms with Crippen LogP contribution in [-0.2, 0) is 6.42 Å². The van der Waals surface area contributed by atoms with E-state index in [9.17, 15) is 0 Å². The zero-order valence-corrected chi connectivity index (χ0v) is 9.28. The summed E-state index contributed by atoms with van der Waals surface area (Å²) in [5.41, 5.74) is 6.63. The SMILES string of the molecule is CC(C)(N)Cc1cc(Cl)ccc1Cl. The van der Waals surface area contributed by atoms with Gasteiger partial charge in [-0.3, -0.25) is 0 Å². The number of rotatable bonds is 2. The summed E-state index contributed by atoms with van der Waals surface area (Å²) in [7, 11) is 0. The molecule has 2 N–H and O–H groups in total. The zero-order valence-electron chi connectivity index (χ0n) is 7.77. The van der Waals surface area contributed by atoms with Crippen molar-refractivity contribution in [3.8, 4) is 0 Å². The molecule has 0 amide bonds. The summed E-state index contributed by atoms with van der Waals surface area (Å²) in [6.07, 6.45) is 0.729. The van der Waals surface area contributed by atoms with Gasteiger partial charge in [0.25, 0.3) is 0 Å². The van der Waals surface area contributed by atoms with E-state index in [1.54, 1.807) is 12.1 Å². The van der Waals surface area contributed by atoms with Crippen LogP contribution in [0.3, 0.4) is 0 Å². The molecule has 0 aliphatic heterocycles. The summed E-state index contributed by atoms with van der Waals surface area (Å²) in [5.74, 6) is 0. The molecule has 0 spiro atoms. The van der Waals surface area contributed by atoms with Crippen LogP contribution in [-0.4, -0.2) is 5.54 Å². The lowest BCUT2D eigenvalue weighted by Gasteiger charge is -2.19. The standard InChI is InChI=1S/C10H13Cl2N/c1-10(2,13)6-7-5-8(11)3-4-9(7)12/h3-5H,6,13H2,1-2H3. The Hall–Kier alpha value is -0.240. The zero-order chi connectivity index (χ0) is 10.1. The molecule has 1 aromatic carbocycles. The van der Waals surface area contributed by atoms with Crippen molar-refractivity contribution in [2.75, 3.05) is 0 Å². The fraction of sp³-hybridized carbons (Fsp3) is 0.400. The Balaban J connectivity index is 2.94. The van der Waals surface area contributed by atoms with Gasteiger partial charge in [0.05, 0.1) is 0 Å². The molecule has 0 atom stereocenters. The lowest BCUT2D eigenvalue weighted by atomic mass is 9.96. The fourth-order valence-electron chi connectivity index (χ4n) is 1.17. The van der Waals surface area contributed by atoms with Gasteiger partial charge in [0.1, 0.15) is 0 Å². The second-order valence-electron chi connectivity index (χ2n) is 3.90. The number of nitrogens with two attached hydrogens (primary N) is 1. The average molecular weight is 218 g/mol. The molecule has 0 aliphatic rings. The van der Waals surface area contributed by atoms with Crippen LogP contribution in [0.5, 0.6) is 0 Å². The summed E-state index contributed by atoms with van der Waals surface area (Å²) in [5, 5.41) is 1.42. The van der Waals surface area contributed by atoms with E-state index in [-0.39, 0.29) is 5.54 Å². The molecule has 1 rings (SSSR count). The van der Waals surface area contributed by atoms with Gasteiger partial charge in [-0.05, 0) is 44.0 Å². The third-order valence-electron chi connectivity index (χ3n) is 1.65. The average Bonchev–Trinajstić information content (AvgIpc) is 1.94. The van der Waals surface area contributed by atoms with E-state index in [1.165, 1.54) is 0 Å². The van der Waals surface area contributed by atoms with Crippen LogP contribution in [0.1, 0.15) is 19.4 Å². The van der Waals surface area contributed by atoms with Crippen molar-refractivity contribution >= 4 is 23.2 Å². The van der Waals surface area contributed by atoms with Crippen LogP contribution in [0.15, 0.2) is 18.2 Å². The molecule has 72 valence electrons. The Morgan fingerprint density at radius 3 is 2.46 bits per heavy atom. The largest absolute Gasteiger partial charge is 0.325 e. The molecule has 0 saturated heterocycles. The molecule has 0 radical (unpaired) electrons. The van der Waals surface area contributed by atoms with Gasteiger partial charge in [0.2, 0.25) is 0 Å². The topological polar surface area (TPSA) is 26.0 Å². The summed E-state index contributed by atoms with van der Waals surface area (Å²) in [6.45, 7) is 3.93. The Bertz CT molecular complexity index is 302.